The van der Waals surface area contributed by atoms with Gasteiger partial charge in [-0.05, 0) is 6.42 Å². The molecule has 0 aliphatic heterocycles. The molecule has 4 heteroatoms. The Labute approximate surface area is 83.5 Å². The van der Waals surface area contributed by atoms with Crippen LogP contribution in [0, 0.1) is 0 Å². The number of rotatable bonds is 6. The Morgan fingerprint density at radius 1 is 1.31 bits per heavy atom. The van der Waals surface area contributed by atoms with Crippen LogP contribution in [0.5, 0.6) is 0 Å². The zero-order valence-corrected chi connectivity index (χ0v) is 8.68. The molecule has 1 rings (SSSR count). The summed E-state index contributed by atoms with van der Waals surface area (Å²) < 4.78 is 4.99. The topological polar surface area (TPSA) is 38.9 Å². The molecule has 0 bridgehead atoms. The highest BCUT2D eigenvalue weighted by molar-refractivity contribution is 6.16. The summed E-state index contributed by atoms with van der Waals surface area (Å²) in [6.07, 6.45) is 5.75. The van der Waals surface area contributed by atoms with Crippen molar-refractivity contribution < 1.29 is 4.52 Å². The first kappa shape index (κ1) is 10.5. The molecule has 1 heterocycles. The Hall–Kier alpha value is -0.570. The maximum Gasteiger partial charge on any atom is 0.226 e. The third kappa shape index (κ3) is 3.77. The highest BCUT2D eigenvalue weighted by atomic mass is 35.5. The van der Waals surface area contributed by atoms with Crippen LogP contribution < -0.4 is 0 Å². The zero-order valence-electron chi connectivity index (χ0n) is 7.92. The molecule has 0 aromatic carbocycles. The molecule has 0 atom stereocenters. The van der Waals surface area contributed by atoms with Gasteiger partial charge in [0.1, 0.15) is 0 Å². The monoisotopic (exact) mass is 202 g/mol. The SMILES string of the molecule is CCCCCCc1nc(CCl)no1. The van der Waals surface area contributed by atoms with Crippen molar-refractivity contribution in [2.75, 3.05) is 0 Å². The van der Waals surface area contributed by atoms with E-state index in [0.29, 0.717) is 17.6 Å². The first-order valence-electron chi connectivity index (χ1n) is 4.74. The number of halogens is 1. The van der Waals surface area contributed by atoms with Crippen molar-refractivity contribution in [2.24, 2.45) is 0 Å². The van der Waals surface area contributed by atoms with Crippen molar-refractivity contribution in [2.45, 2.75) is 44.9 Å². The van der Waals surface area contributed by atoms with E-state index in [1.165, 1.54) is 19.3 Å². The van der Waals surface area contributed by atoms with Crippen LogP contribution in [-0.4, -0.2) is 10.1 Å². The average Bonchev–Trinajstić information content (AvgIpc) is 2.60. The highest BCUT2D eigenvalue weighted by Crippen LogP contribution is 2.06. The molecule has 0 unspecified atom stereocenters. The number of aromatic nitrogens is 2. The van der Waals surface area contributed by atoms with Crippen LogP contribution >= 0.6 is 11.6 Å². The molecule has 0 aliphatic rings. The van der Waals surface area contributed by atoms with Crippen LogP contribution in [0.25, 0.3) is 0 Å². The Bertz CT molecular complexity index is 237. The van der Waals surface area contributed by atoms with E-state index in [4.69, 9.17) is 16.1 Å². The second kappa shape index (κ2) is 5.97. The van der Waals surface area contributed by atoms with E-state index in [1.807, 2.05) is 0 Å². The molecule has 13 heavy (non-hydrogen) atoms. The number of hydrogen-bond donors (Lipinski definition) is 0. The fraction of sp³-hybridized carbons (Fsp3) is 0.778. The maximum atomic E-state index is 5.54. The normalized spacial score (nSPS) is 10.6. The summed E-state index contributed by atoms with van der Waals surface area (Å²) in [6, 6.07) is 0. The van der Waals surface area contributed by atoms with Gasteiger partial charge in [0.2, 0.25) is 5.89 Å². The van der Waals surface area contributed by atoms with Crippen LogP contribution in [0.2, 0.25) is 0 Å². The van der Waals surface area contributed by atoms with Gasteiger partial charge in [-0.25, -0.2) is 0 Å². The largest absolute Gasteiger partial charge is 0.339 e. The summed E-state index contributed by atoms with van der Waals surface area (Å²) >= 11 is 5.54. The lowest BCUT2D eigenvalue weighted by Gasteiger charge is -1.93. The van der Waals surface area contributed by atoms with Crippen LogP contribution in [0.1, 0.15) is 44.3 Å². The fourth-order valence-electron chi connectivity index (χ4n) is 1.15. The molecule has 0 amide bonds. The summed E-state index contributed by atoms with van der Waals surface area (Å²) in [7, 11) is 0. The number of aryl methyl sites for hydroxylation is 1. The Balaban J connectivity index is 2.20. The van der Waals surface area contributed by atoms with Gasteiger partial charge in [0.15, 0.2) is 5.82 Å². The second-order valence-corrected chi connectivity index (χ2v) is 3.32. The summed E-state index contributed by atoms with van der Waals surface area (Å²) in [4.78, 5) is 4.12. The second-order valence-electron chi connectivity index (χ2n) is 3.05. The third-order valence-corrected chi connectivity index (χ3v) is 2.11. The fourth-order valence-corrected chi connectivity index (χ4v) is 1.26. The summed E-state index contributed by atoms with van der Waals surface area (Å²) in [5, 5.41) is 3.72. The van der Waals surface area contributed by atoms with Gasteiger partial charge in [-0.1, -0.05) is 31.3 Å². The molecular formula is C9H15ClN2O. The van der Waals surface area contributed by atoms with Gasteiger partial charge in [-0.2, -0.15) is 4.98 Å². The van der Waals surface area contributed by atoms with Crippen molar-refractivity contribution in [3.8, 4) is 0 Å². The molecule has 0 aliphatic carbocycles. The predicted molar refractivity (Wildman–Crippen MR) is 51.7 cm³/mol. The molecule has 0 N–H and O–H groups in total. The molecule has 74 valence electrons. The smallest absolute Gasteiger partial charge is 0.226 e. The van der Waals surface area contributed by atoms with Crippen molar-refractivity contribution in [1.82, 2.24) is 10.1 Å². The van der Waals surface area contributed by atoms with Gasteiger partial charge < -0.3 is 4.52 Å². The molecule has 0 saturated heterocycles. The van der Waals surface area contributed by atoms with Gasteiger partial charge in [0.05, 0.1) is 5.88 Å². The van der Waals surface area contributed by atoms with Crippen LogP contribution in [-0.2, 0) is 12.3 Å². The quantitative estimate of drug-likeness (QED) is 0.526. The average molecular weight is 203 g/mol. The first-order chi connectivity index (χ1) is 6.36. The van der Waals surface area contributed by atoms with Gasteiger partial charge in [-0.15, -0.1) is 11.6 Å². The van der Waals surface area contributed by atoms with Crippen LogP contribution in [0.3, 0.4) is 0 Å². The molecule has 1 aromatic heterocycles. The minimum atomic E-state index is 0.332. The van der Waals surface area contributed by atoms with Crippen molar-refractivity contribution >= 4 is 11.6 Å². The van der Waals surface area contributed by atoms with E-state index >= 15 is 0 Å². The number of alkyl halides is 1. The van der Waals surface area contributed by atoms with Crippen LogP contribution in [0.4, 0.5) is 0 Å². The molecule has 0 spiro atoms. The van der Waals surface area contributed by atoms with Crippen LogP contribution in [0.15, 0.2) is 4.52 Å². The maximum absolute atomic E-state index is 5.54. The Morgan fingerprint density at radius 2 is 2.15 bits per heavy atom. The molecule has 3 nitrogen and oxygen atoms in total. The van der Waals surface area contributed by atoms with E-state index in [-0.39, 0.29) is 0 Å². The zero-order chi connectivity index (χ0) is 9.52. The lowest BCUT2D eigenvalue weighted by molar-refractivity contribution is 0.370. The first-order valence-corrected chi connectivity index (χ1v) is 5.27. The molecule has 0 fully saturated rings. The molecule has 1 aromatic rings. The molecular weight excluding hydrogens is 188 g/mol. The van der Waals surface area contributed by atoms with E-state index in [9.17, 15) is 0 Å². The van der Waals surface area contributed by atoms with Gasteiger partial charge >= 0.3 is 0 Å². The van der Waals surface area contributed by atoms with Gasteiger partial charge in [0, 0.05) is 6.42 Å². The van der Waals surface area contributed by atoms with Gasteiger partial charge in [0.25, 0.3) is 0 Å². The molecule has 0 radical (unpaired) electrons. The Morgan fingerprint density at radius 3 is 2.77 bits per heavy atom. The number of unbranched alkanes of at least 4 members (excludes halogenated alkanes) is 3. The minimum absolute atomic E-state index is 0.332. The summed E-state index contributed by atoms with van der Waals surface area (Å²) in [5.41, 5.74) is 0. The van der Waals surface area contributed by atoms with Crippen molar-refractivity contribution in [1.29, 1.82) is 0 Å². The van der Waals surface area contributed by atoms with Crippen molar-refractivity contribution in [3.63, 3.8) is 0 Å². The lowest BCUT2D eigenvalue weighted by Crippen LogP contribution is -1.86. The minimum Gasteiger partial charge on any atom is -0.339 e. The van der Waals surface area contributed by atoms with E-state index in [2.05, 4.69) is 17.1 Å². The van der Waals surface area contributed by atoms with Gasteiger partial charge in [-0.3, -0.25) is 0 Å². The number of nitrogens with zero attached hydrogens (tertiary/aromatic N) is 2. The summed E-state index contributed by atoms with van der Waals surface area (Å²) in [5.74, 6) is 1.64. The number of hydrogen-bond acceptors (Lipinski definition) is 3. The predicted octanol–water partition coefficient (Wildman–Crippen LogP) is 2.93. The van der Waals surface area contributed by atoms with E-state index in [0.717, 1.165) is 12.8 Å². The standard InChI is InChI=1S/C9H15ClN2O/c1-2-3-4-5-6-9-11-8(7-10)12-13-9/h2-7H2,1H3. The summed E-state index contributed by atoms with van der Waals surface area (Å²) in [6.45, 7) is 2.19. The third-order valence-electron chi connectivity index (χ3n) is 1.87. The molecule has 0 saturated carbocycles. The Kier molecular flexibility index (Phi) is 4.83. The van der Waals surface area contributed by atoms with Crippen molar-refractivity contribution in [3.05, 3.63) is 11.7 Å². The lowest BCUT2D eigenvalue weighted by atomic mass is 10.1. The highest BCUT2D eigenvalue weighted by Gasteiger charge is 2.03. The van der Waals surface area contributed by atoms with E-state index < -0.39 is 0 Å². The van der Waals surface area contributed by atoms with E-state index in [1.54, 1.807) is 0 Å².